The normalized spacial score (nSPS) is 22.3. The van der Waals surface area contributed by atoms with Crippen LogP contribution in [-0.4, -0.2) is 6.61 Å². The van der Waals surface area contributed by atoms with Gasteiger partial charge in [-0.3, -0.25) is 0 Å². The number of hydrogen-bond acceptors (Lipinski definition) is 1. The third kappa shape index (κ3) is 2.35. The Morgan fingerprint density at radius 1 is 1.22 bits per heavy atom. The molecule has 0 amide bonds. The zero-order chi connectivity index (χ0) is 6.53. The molecule has 0 spiro atoms. The summed E-state index contributed by atoms with van der Waals surface area (Å²) in [5.74, 6) is 0.816. The Hall–Kier alpha value is -0.0400. The maximum Gasteiger partial charge on any atom is 0.0700 e. The average Bonchev–Trinajstić information content (AvgIpc) is 1.91. The van der Waals surface area contributed by atoms with Crippen molar-refractivity contribution in [3.8, 4) is 0 Å². The minimum Gasteiger partial charge on any atom is -0.379 e. The first-order chi connectivity index (χ1) is 4.43. The van der Waals surface area contributed by atoms with Gasteiger partial charge in [0, 0.05) is 6.61 Å². The third-order valence-electron chi connectivity index (χ3n) is 2.08. The van der Waals surface area contributed by atoms with Gasteiger partial charge in [-0.25, -0.2) is 0 Å². The molecule has 0 heterocycles. The molecule has 1 aliphatic carbocycles. The quantitative estimate of drug-likeness (QED) is 0.553. The molecule has 0 N–H and O–H groups in total. The van der Waals surface area contributed by atoms with Gasteiger partial charge in [0.05, 0.1) is 7.11 Å². The van der Waals surface area contributed by atoms with Crippen LogP contribution in [0.2, 0.25) is 0 Å². The van der Waals surface area contributed by atoms with E-state index in [1.165, 1.54) is 32.1 Å². The van der Waals surface area contributed by atoms with Gasteiger partial charge in [0.1, 0.15) is 0 Å². The summed E-state index contributed by atoms with van der Waals surface area (Å²) >= 11 is 0. The van der Waals surface area contributed by atoms with E-state index in [4.69, 9.17) is 4.74 Å². The predicted molar refractivity (Wildman–Crippen MR) is 37.9 cm³/mol. The minimum absolute atomic E-state index is 0.816. The Kier molecular flexibility index (Phi) is 3.05. The van der Waals surface area contributed by atoms with Crippen LogP contribution in [0.4, 0.5) is 0 Å². The highest BCUT2D eigenvalue weighted by Crippen LogP contribution is 2.23. The first-order valence-corrected chi connectivity index (χ1v) is 3.80. The van der Waals surface area contributed by atoms with Crippen molar-refractivity contribution in [2.45, 2.75) is 32.1 Å². The zero-order valence-corrected chi connectivity index (χ0v) is 5.94. The van der Waals surface area contributed by atoms with E-state index in [1.807, 2.05) is 0 Å². The Morgan fingerprint density at radius 2 is 1.89 bits per heavy atom. The highest BCUT2D eigenvalue weighted by atomic mass is 16.5. The molecule has 1 fully saturated rings. The lowest BCUT2D eigenvalue weighted by atomic mass is 9.90. The Morgan fingerprint density at radius 3 is 2.44 bits per heavy atom. The monoisotopic (exact) mass is 127 g/mol. The fourth-order valence-electron chi connectivity index (χ4n) is 1.52. The second-order valence-corrected chi connectivity index (χ2v) is 2.87. The third-order valence-corrected chi connectivity index (χ3v) is 2.08. The molecule has 0 unspecified atom stereocenters. The molecule has 0 saturated heterocycles. The van der Waals surface area contributed by atoms with E-state index < -0.39 is 0 Å². The van der Waals surface area contributed by atoms with E-state index in [1.54, 1.807) is 0 Å². The van der Waals surface area contributed by atoms with Crippen molar-refractivity contribution in [1.82, 2.24) is 0 Å². The molecule has 0 bridgehead atoms. The van der Waals surface area contributed by atoms with Crippen LogP contribution < -0.4 is 0 Å². The summed E-state index contributed by atoms with van der Waals surface area (Å²) in [6.07, 6.45) is 6.93. The van der Waals surface area contributed by atoms with E-state index in [0.717, 1.165) is 12.5 Å². The fraction of sp³-hybridized carbons (Fsp3) is 0.875. The standard InChI is InChI=1S/C8H15O/c1-9-7-8-5-3-2-4-6-8/h8H,1-7H2. The molecule has 1 rings (SSSR count). The van der Waals surface area contributed by atoms with Crippen LogP contribution in [0.3, 0.4) is 0 Å². The van der Waals surface area contributed by atoms with Gasteiger partial charge in [0.15, 0.2) is 0 Å². The summed E-state index contributed by atoms with van der Waals surface area (Å²) < 4.78 is 4.83. The molecule has 0 atom stereocenters. The first kappa shape index (κ1) is 7.07. The van der Waals surface area contributed by atoms with Crippen molar-refractivity contribution in [2.75, 3.05) is 6.61 Å². The smallest absolute Gasteiger partial charge is 0.0700 e. The Bertz CT molecular complexity index is 62.2. The van der Waals surface area contributed by atoms with Gasteiger partial charge in [0.25, 0.3) is 0 Å². The number of ether oxygens (including phenoxy) is 1. The maximum absolute atomic E-state index is 4.83. The van der Waals surface area contributed by atoms with E-state index in [2.05, 4.69) is 7.11 Å². The summed E-state index contributed by atoms with van der Waals surface area (Å²) in [5.41, 5.74) is 0. The topological polar surface area (TPSA) is 9.23 Å². The molecular formula is C8H15O. The molecular weight excluding hydrogens is 112 g/mol. The van der Waals surface area contributed by atoms with Gasteiger partial charge in [-0.1, -0.05) is 19.3 Å². The van der Waals surface area contributed by atoms with Crippen molar-refractivity contribution in [3.05, 3.63) is 7.11 Å². The highest BCUT2D eigenvalue weighted by Gasteiger charge is 2.11. The van der Waals surface area contributed by atoms with E-state index >= 15 is 0 Å². The molecule has 9 heavy (non-hydrogen) atoms. The SMILES string of the molecule is [CH2]OCC1CCCCC1. The number of rotatable bonds is 2. The van der Waals surface area contributed by atoms with Crippen molar-refractivity contribution in [3.63, 3.8) is 0 Å². The van der Waals surface area contributed by atoms with Crippen molar-refractivity contribution in [1.29, 1.82) is 0 Å². The van der Waals surface area contributed by atoms with E-state index in [0.29, 0.717) is 0 Å². The van der Waals surface area contributed by atoms with Crippen molar-refractivity contribution >= 4 is 0 Å². The van der Waals surface area contributed by atoms with E-state index in [-0.39, 0.29) is 0 Å². The lowest BCUT2D eigenvalue weighted by Gasteiger charge is -2.19. The van der Waals surface area contributed by atoms with Crippen LogP contribution >= 0.6 is 0 Å². The molecule has 1 radical (unpaired) electrons. The molecule has 1 nitrogen and oxygen atoms in total. The van der Waals surface area contributed by atoms with Crippen LogP contribution in [0.15, 0.2) is 0 Å². The molecule has 0 aromatic heterocycles. The lowest BCUT2D eigenvalue weighted by Crippen LogP contribution is -2.11. The second-order valence-electron chi connectivity index (χ2n) is 2.87. The molecule has 0 aliphatic heterocycles. The van der Waals surface area contributed by atoms with Gasteiger partial charge >= 0.3 is 0 Å². The van der Waals surface area contributed by atoms with Gasteiger partial charge in [-0.2, -0.15) is 0 Å². The summed E-state index contributed by atoms with van der Waals surface area (Å²) in [4.78, 5) is 0. The number of hydrogen-bond donors (Lipinski definition) is 0. The highest BCUT2D eigenvalue weighted by molar-refractivity contribution is 4.64. The fourth-order valence-corrected chi connectivity index (χ4v) is 1.52. The molecule has 1 heteroatoms. The summed E-state index contributed by atoms with van der Waals surface area (Å²) in [6, 6.07) is 0. The van der Waals surface area contributed by atoms with E-state index in [9.17, 15) is 0 Å². The van der Waals surface area contributed by atoms with Gasteiger partial charge in [-0.05, 0) is 18.8 Å². The van der Waals surface area contributed by atoms with Crippen LogP contribution in [0.5, 0.6) is 0 Å². The largest absolute Gasteiger partial charge is 0.379 e. The van der Waals surface area contributed by atoms with Gasteiger partial charge in [-0.15, -0.1) is 0 Å². The minimum atomic E-state index is 0.816. The van der Waals surface area contributed by atoms with Crippen LogP contribution in [0.1, 0.15) is 32.1 Å². The zero-order valence-electron chi connectivity index (χ0n) is 5.94. The molecule has 1 aliphatic rings. The van der Waals surface area contributed by atoms with Crippen molar-refractivity contribution in [2.24, 2.45) is 5.92 Å². The van der Waals surface area contributed by atoms with Crippen LogP contribution in [-0.2, 0) is 4.74 Å². The van der Waals surface area contributed by atoms with Crippen LogP contribution in [0.25, 0.3) is 0 Å². The first-order valence-electron chi connectivity index (χ1n) is 3.80. The average molecular weight is 127 g/mol. The summed E-state index contributed by atoms with van der Waals surface area (Å²) in [5, 5.41) is 0. The molecule has 0 aromatic rings. The molecule has 1 saturated carbocycles. The summed E-state index contributed by atoms with van der Waals surface area (Å²) in [6.45, 7) is 0.875. The Labute approximate surface area is 57.4 Å². The summed E-state index contributed by atoms with van der Waals surface area (Å²) in [7, 11) is 3.38. The van der Waals surface area contributed by atoms with Gasteiger partial charge < -0.3 is 4.74 Å². The van der Waals surface area contributed by atoms with Crippen LogP contribution in [0, 0.1) is 13.0 Å². The molecule has 0 aromatic carbocycles. The second kappa shape index (κ2) is 3.89. The van der Waals surface area contributed by atoms with Gasteiger partial charge in [0.2, 0.25) is 0 Å². The Balaban J connectivity index is 2.08. The maximum atomic E-state index is 4.83. The molecule has 53 valence electrons. The lowest BCUT2D eigenvalue weighted by molar-refractivity contribution is 0.161. The van der Waals surface area contributed by atoms with Crippen molar-refractivity contribution < 1.29 is 4.74 Å². The predicted octanol–water partition coefficient (Wildman–Crippen LogP) is 2.37.